The van der Waals surface area contributed by atoms with E-state index in [9.17, 15) is 14.7 Å². The van der Waals surface area contributed by atoms with Crippen molar-refractivity contribution in [2.45, 2.75) is 19.9 Å². The van der Waals surface area contributed by atoms with Gasteiger partial charge in [-0.3, -0.25) is 14.5 Å². The molecule has 0 spiro atoms. The van der Waals surface area contributed by atoms with E-state index in [1.165, 1.54) is 18.1 Å². The third kappa shape index (κ3) is 5.27. The van der Waals surface area contributed by atoms with Crippen LogP contribution in [0.2, 0.25) is 5.02 Å². The molecule has 1 N–H and O–H groups in total. The van der Waals surface area contributed by atoms with Crippen molar-refractivity contribution in [3.8, 4) is 17.2 Å². The van der Waals surface area contributed by atoms with Gasteiger partial charge in [0, 0.05) is 11.3 Å². The second kappa shape index (κ2) is 11.0. The van der Waals surface area contributed by atoms with Crippen molar-refractivity contribution in [3.63, 3.8) is 0 Å². The molecule has 1 amide bonds. The first-order chi connectivity index (χ1) is 17.7. The summed E-state index contributed by atoms with van der Waals surface area (Å²) >= 11 is 6.27. The lowest BCUT2D eigenvalue weighted by Gasteiger charge is -2.26. The minimum atomic E-state index is -0.880. The molecule has 37 heavy (non-hydrogen) atoms. The molecular formula is C29H28ClNO6. The van der Waals surface area contributed by atoms with Gasteiger partial charge in [-0.2, -0.15) is 0 Å². The van der Waals surface area contributed by atoms with Crippen LogP contribution in [0.25, 0.3) is 5.76 Å². The number of nitrogens with zero attached hydrogens (tertiary/aromatic N) is 1. The van der Waals surface area contributed by atoms with E-state index in [1.807, 2.05) is 0 Å². The van der Waals surface area contributed by atoms with Crippen LogP contribution in [-0.4, -0.2) is 37.6 Å². The molecule has 192 valence electrons. The Morgan fingerprint density at radius 1 is 0.946 bits per heavy atom. The zero-order valence-electron chi connectivity index (χ0n) is 21.0. The number of carbonyl (C=O) groups is 2. The third-order valence-corrected chi connectivity index (χ3v) is 6.29. The van der Waals surface area contributed by atoms with Gasteiger partial charge in [0.05, 0.1) is 37.5 Å². The second-order valence-electron chi connectivity index (χ2n) is 8.99. The van der Waals surface area contributed by atoms with Crippen LogP contribution >= 0.6 is 11.6 Å². The molecule has 4 rings (SSSR count). The van der Waals surface area contributed by atoms with Crippen LogP contribution in [0.4, 0.5) is 5.69 Å². The van der Waals surface area contributed by atoms with E-state index < -0.39 is 17.7 Å². The quantitative estimate of drug-likeness (QED) is 0.222. The first-order valence-electron chi connectivity index (χ1n) is 11.8. The molecule has 8 heteroatoms. The van der Waals surface area contributed by atoms with Crippen molar-refractivity contribution < 1.29 is 28.9 Å². The van der Waals surface area contributed by atoms with Crippen LogP contribution in [0.3, 0.4) is 0 Å². The maximum absolute atomic E-state index is 13.4. The van der Waals surface area contributed by atoms with Crippen LogP contribution in [0.5, 0.6) is 17.2 Å². The fourth-order valence-corrected chi connectivity index (χ4v) is 4.39. The molecular weight excluding hydrogens is 494 g/mol. The van der Waals surface area contributed by atoms with E-state index >= 15 is 0 Å². The molecule has 0 radical (unpaired) electrons. The first kappa shape index (κ1) is 26.1. The Bertz CT molecular complexity index is 1330. The Balaban J connectivity index is 1.83. The van der Waals surface area contributed by atoms with Gasteiger partial charge in [0.1, 0.15) is 23.0 Å². The zero-order chi connectivity index (χ0) is 26.7. The summed E-state index contributed by atoms with van der Waals surface area (Å²) in [7, 11) is 3.03. The summed E-state index contributed by atoms with van der Waals surface area (Å²) < 4.78 is 16.2. The molecule has 7 nitrogen and oxygen atoms in total. The van der Waals surface area contributed by atoms with Crippen molar-refractivity contribution in [1.82, 2.24) is 0 Å². The zero-order valence-corrected chi connectivity index (χ0v) is 21.8. The van der Waals surface area contributed by atoms with Crippen molar-refractivity contribution in [3.05, 3.63) is 88.5 Å². The lowest BCUT2D eigenvalue weighted by Crippen LogP contribution is -2.29. The van der Waals surface area contributed by atoms with E-state index in [2.05, 4.69) is 13.8 Å². The summed E-state index contributed by atoms with van der Waals surface area (Å²) in [5.74, 6) is 0.174. The summed E-state index contributed by atoms with van der Waals surface area (Å²) in [4.78, 5) is 28.1. The van der Waals surface area contributed by atoms with Gasteiger partial charge in [0.15, 0.2) is 0 Å². The Labute approximate surface area is 220 Å². The van der Waals surface area contributed by atoms with E-state index in [1.54, 1.807) is 67.8 Å². The normalized spacial score (nSPS) is 16.8. The number of ether oxygens (including phenoxy) is 3. The number of halogens is 1. The number of hydrogen-bond acceptors (Lipinski definition) is 6. The molecule has 0 aromatic heterocycles. The van der Waals surface area contributed by atoms with E-state index in [0.29, 0.717) is 46.6 Å². The van der Waals surface area contributed by atoms with Gasteiger partial charge in [-0.25, -0.2) is 0 Å². The number of amides is 1. The molecule has 1 saturated heterocycles. The predicted molar refractivity (Wildman–Crippen MR) is 143 cm³/mol. The highest BCUT2D eigenvalue weighted by Crippen LogP contribution is 2.43. The van der Waals surface area contributed by atoms with Crippen molar-refractivity contribution >= 4 is 34.7 Å². The Hall–Kier alpha value is -3.97. The van der Waals surface area contributed by atoms with Crippen LogP contribution < -0.4 is 19.1 Å². The minimum absolute atomic E-state index is 0.0449. The van der Waals surface area contributed by atoms with E-state index in [0.717, 1.165) is 0 Å². The van der Waals surface area contributed by atoms with Crippen molar-refractivity contribution in [2.24, 2.45) is 5.92 Å². The summed E-state index contributed by atoms with van der Waals surface area (Å²) in [6.07, 6.45) is 0. The van der Waals surface area contributed by atoms with Gasteiger partial charge in [-0.05, 0) is 66.1 Å². The lowest BCUT2D eigenvalue weighted by atomic mass is 9.95. The monoisotopic (exact) mass is 521 g/mol. The van der Waals surface area contributed by atoms with Crippen LogP contribution in [-0.2, 0) is 9.59 Å². The number of anilines is 1. The number of Topliss-reactive ketones (excluding diaryl/α,β-unsaturated/α-hetero) is 1. The molecule has 0 aliphatic carbocycles. The van der Waals surface area contributed by atoms with E-state index in [4.69, 9.17) is 25.8 Å². The SMILES string of the molecule is COc1ccc(C2/C(=C(/O)c3ccc(OC)c(Cl)c3)C(=O)C(=O)N2c2ccc(OCC(C)C)cc2)cc1. The first-order valence-corrected chi connectivity index (χ1v) is 12.1. The summed E-state index contributed by atoms with van der Waals surface area (Å²) in [5.41, 5.74) is 1.37. The molecule has 3 aromatic carbocycles. The number of carbonyl (C=O) groups excluding carboxylic acids is 2. The van der Waals surface area contributed by atoms with Crippen LogP contribution in [0.1, 0.15) is 31.0 Å². The molecule has 1 aliphatic heterocycles. The van der Waals surface area contributed by atoms with Gasteiger partial charge in [0.2, 0.25) is 0 Å². The summed E-state index contributed by atoms with van der Waals surface area (Å²) in [5, 5.41) is 11.6. The van der Waals surface area contributed by atoms with Crippen LogP contribution in [0.15, 0.2) is 72.3 Å². The molecule has 3 aromatic rings. The Morgan fingerprint density at radius 2 is 1.59 bits per heavy atom. The van der Waals surface area contributed by atoms with Gasteiger partial charge >= 0.3 is 0 Å². The Morgan fingerprint density at radius 3 is 2.16 bits per heavy atom. The van der Waals surface area contributed by atoms with Gasteiger partial charge in [-0.1, -0.05) is 37.6 Å². The average Bonchev–Trinajstić information content (AvgIpc) is 3.17. The standard InChI is InChI=1S/C29H28ClNO6/c1-17(2)16-37-22-12-8-20(9-13-22)31-26(18-5-10-21(35-3)11-6-18)25(28(33)29(31)34)27(32)19-7-14-24(36-4)23(30)15-19/h5-15,17,26,32H,16H2,1-4H3/b27-25-. The number of benzene rings is 3. The highest BCUT2D eigenvalue weighted by atomic mass is 35.5. The predicted octanol–water partition coefficient (Wildman–Crippen LogP) is 6.02. The highest BCUT2D eigenvalue weighted by Gasteiger charge is 2.47. The molecule has 1 heterocycles. The molecule has 1 fully saturated rings. The number of ketones is 1. The average molecular weight is 522 g/mol. The molecule has 0 saturated carbocycles. The number of aliphatic hydroxyl groups excluding tert-OH is 1. The molecule has 0 bridgehead atoms. The molecule has 1 unspecified atom stereocenters. The fourth-order valence-electron chi connectivity index (χ4n) is 4.14. The molecule has 1 aliphatic rings. The van der Waals surface area contributed by atoms with Gasteiger partial charge in [-0.15, -0.1) is 0 Å². The van der Waals surface area contributed by atoms with Crippen molar-refractivity contribution in [2.75, 3.05) is 25.7 Å². The fraction of sp³-hybridized carbons (Fsp3) is 0.241. The number of aliphatic hydroxyl groups is 1. The highest BCUT2D eigenvalue weighted by molar-refractivity contribution is 6.51. The maximum atomic E-state index is 13.4. The van der Waals surface area contributed by atoms with Crippen molar-refractivity contribution in [1.29, 1.82) is 0 Å². The van der Waals surface area contributed by atoms with Gasteiger partial charge in [0.25, 0.3) is 11.7 Å². The lowest BCUT2D eigenvalue weighted by molar-refractivity contribution is -0.132. The van der Waals surface area contributed by atoms with Gasteiger partial charge < -0.3 is 19.3 Å². The molecule has 1 atom stereocenters. The maximum Gasteiger partial charge on any atom is 0.300 e. The summed E-state index contributed by atoms with van der Waals surface area (Å²) in [6.45, 7) is 4.66. The number of hydrogen-bond donors (Lipinski definition) is 1. The topological polar surface area (TPSA) is 85.3 Å². The van der Waals surface area contributed by atoms with Crippen LogP contribution in [0, 0.1) is 5.92 Å². The number of rotatable bonds is 8. The number of methoxy groups -OCH3 is 2. The smallest absolute Gasteiger partial charge is 0.300 e. The summed E-state index contributed by atoms with van der Waals surface area (Å²) in [6, 6.07) is 17.7. The Kier molecular flexibility index (Phi) is 7.74. The third-order valence-electron chi connectivity index (χ3n) is 6.00. The minimum Gasteiger partial charge on any atom is -0.507 e. The van der Waals surface area contributed by atoms with E-state index in [-0.39, 0.29) is 16.4 Å². The largest absolute Gasteiger partial charge is 0.507 e. The second-order valence-corrected chi connectivity index (χ2v) is 9.40.